The normalized spacial score (nSPS) is 12.6. The first-order valence-corrected chi connectivity index (χ1v) is 15.9. The smallest absolute Gasteiger partial charge is 0.382 e. The molecule has 1 aromatic heterocycles. The van der Waals surface area contributed by atoms with Crippen LogP contribution in [0, 0.1) is 0 Å². The van der Waals surface area contributed by atoms with E-state index in [2.05, 4.69) is 110 Å². The summed E-state index contributed by atoms with van der Waals surface area (Å²) in [7, 11) is -3.83. The fourth-order valence-electron chi connectivity index (χ4n) is 3.91. The van der Waals surface area contributed by atoms with E-state index >= 15 is 0 Å². The van der Waals surface area contributed by atoms with Crippen LogP contribution in [0.4, 0.5) is 0 Å². The molecule has 144 valence electrons. The zero-order valence-electron chi connectivity index (χ0n) is 17.2. The van der Waals surface area contributed by atoms with Gasteiger partial charge in [0.2, 0.25) is 0 Å². The number of para-hydroxylation sites is 2. The fourth-order valence-corrected chi connectivity index (χ4v) is 10.7. The standard InChI is InChI=1S/C23H27NO2Si2/c1-27(2,3)26-28(4,5)25-19-16-14-18(15-17-19)24-22-12-8-6-10-20(22)21-11-7-9-13-23(21)24/h6-17H,1-5H3. The Hall–Kier alpha value is -2.35. The Kier molecular flexibility index (Phi) is 4.69. The van der Waals surface area contributed by atoms with Crippen LogP contribution in [0.3, 0.4) is 0 Å². The molecule has 3 aromatic carbocycles. The molecule has 0 saturated carbocycles. The lowest BCUT2D eigenvalue weighted by Crippen LogP contribution is -2.47. The molecule has 0 aliphatic carbocycles. The second-order valence-corrected chi connectivity index (χ2v) is 16.6. The Balaban J connectivity index is 1.72. The largest absolute Gasteiger partial charge is 0.521 e. The van der Waals surface area contributed by atoms with E-state index in [1.54, 1.807) is 0 Å². The van der Waals surface area contributed by atoms with Crippen molar-refractivity contribution in [3.63, 3.8) is 0 Å². The Morgan fingerprint density at radius 3 is 1.64 bits per heavy atom. The maximum Gasteiger partial charge on any atom is 0.382 e. The highest BCUT2D eigenvalue weighted by Crippen LogP contribution is 2.32. The molecule has 0 unspecified atom stereocenters. The van der Waals surface area contributed by atoms with Crippen molar-refractivity contribution < 1.29 is 8.54 Å². The molecule has 5 heteroatoms. The third-order valence-electron chi connectivity index (χ3n) is 4.59. The van der Waals surface area contributed by atoms with Gasteiger partial charge in [0.1, 0.15) is 5.75 Å². The first kappa shape index (κ1) is 19.0. The minimum absolute atomic E-state index is 0.874. The Morgan fingerprint density at radius 1 is 0.643 bits per heavy atom. The highest BCUT2D eigenvalue weighted by molar-refractivity contribution is 6.81. The summed E-state index contributed by atoms with van der Waals surface area (Å²) in [5.74, 6) is 0.874. The van der Waals surface area contributed by atoms with E-state index in [1.165, 1.54) is 21.8 Å². The van der Waals surface area contributed by atoms with Gasteiger partial charge in [0.05, 0.1) is 11.0 Å². The lowest BCUT2D eigenvalue weighted by atomic mass is 10.2. The number of aromatic nitrogens is 1. The van der Waals surface area contributed by atoms with Crippen LogP contribution in [0.15, 0.2) is 72.8 Å². The Morgan fingerprint density at radius 2 is 1.14 bits per heavy atom. The van der Waals surface area contributed by atoms with Crippen molar-refractivity contribution in [1.82, 2.24) is 4.57 Å². The first-order chi connectivity index (χ1) is 13.2. The van der Waals surface area contributed by atoms with Gasteiger partial charge in [0, 0.05) is 16.5 Å². The quantitative estimate of drug-likeness (QED) is 0.344. The minimum Gasteiger partial charge on any atom is -0.521 e. The molecule has 0 spiro atoms. The summed E-state index contributed by atoms with van der Waals surface area (Å²) < 4.78 is 14.9. The molecule has 3 nitrogen and oxygen atoms in total. The molecule has 0 atom stereocenters. The van der Waals surface area contributed by atoms with Crippen molar-refractivity contribution in [2.45, 2.75) is 32.7 Å². The van der Waals surface area contributed by atoms with E-state index in [4.69, 9.17) is 8.54 Å². The Labute approximate surface area is 168 Å². The van der Waals surface area contributed by atoms with Gasteiger partial charge in [-0.1, -0.05) is 36.4 Å². The van der Waals surface area contributed by atoms with Crippen LogP contribution in [0.1, 0.15) is 0 Å². The molecule has 0 aliphatic rings. The first-order valence-electron chi connectivity index (χ1n) is 9.71. The van der Waals surface area contributed by atoms with Crippen LogP contribution in [-0.2, 0) is 4.12 Å². The molecule has 4 rings (SSSR count). The van der Waals surface area contributed by atoms with Crippen LogP contribution < -0.4 is 4.43 Å². The summed E-state index contributed by atoms with van der Waals surface area (Å²) in [5, 5.41) is 2.55. The third-order valence-corrected chi connectivity index (χ3v) is 9.73. The average molecular weight is 406 g/mol. The molecule has 0 bridgehead atoms. The molecule has 4 aromatic rings. The minimum atomic E-state index is -2.20. The molecule has 0 aliphatic heterocycles. The molecule has 0 N–H and O–H groups in total. The number of fused-ring (bicyclic) bond motifs is 3. The summed E-state index contributed by atoms with van der Waals surface area (Å²) in [6, 6.07) is 25.5. The van der Waals surface area contributed by atoms with Crippen LogP contribution in [0.25, 0.3) is 27.5 Å². The monoisotopic (exact) mass is 405 g/mol. The second kappa shape index (κ2) is 6.92. The van der Waals surface area contributed by atoms with Gasteiger partial charge in [0.15, 0.2) is 8.32 Å². The summed E-state index contributed by atoms with van der Waals surface area (Å²) >= 11 is 0. The van der Waals surface area contributed by atoms with Crippen LogP contribution in [-0.4, -0.2) is 21.4 Å². The number of benzene rings is 3. The van der Waals surface area contributed by atoms with Crippen molar-refractivity contribution >= 4 is 38.7 Å². The van der Waals surface area contributed by atoms with Gasteiger partial charge < -0.3 is 13.1 Å². The lowest BCUT2D eigenvalue weighted by molar-refractivity contribution is 0.397. The molecular weight excluding hydrogens is 378 g/mol. The second-order valence-electron chi connectivity index (χ2n) is 8.58. The van der Waals surface area contributed by atoms with Crippen molar-refractivity contribution in [1.29, 1.82) is 0 Å². The number of rotatable bonds is 5. The van der Waals surface area contributed by atoms with Gasteiger partial charge >= 0.3 is 8.56 Å². The zero-order chi connectivity index (χ0) is 19.9. The van der Waals surface area contributed by atoms with Gasteiger partial charge in [-0.2, -0.15) is 0 Å². The molecule has 28 heavy (non-hydrogen) atoms. The number of hydrogen-bond donors (Lipinski definition) is 0. The highest BCUT2D eigenvalue weighted by atomic mass is 28.4. The summed E-state index contributed by atoms with van der Waals surface area (Å²) in [6.07, 6.45) is 0. The van der Waals surface area contributed by atoms with Gasteiger partial charge in [-0.3, -0.25) is 0 Å². The summed E-state index contributed by atoms with van der Waals surface area (Å²) in [5.41, 5.74) is 3.57. The van der Waals surface area contributed by atoms with Crippen molar-refractivity contribution in [2.75, 3.05) is 0 Å². The van der Waals surface area contributed by atoms with Gasteiger partial charge in [-0.25, -0.2) is 0 Å². The predicted octanol–water partition coefficient (Wildman–Crippen LogP) is 6.72. The summed E-state index contributed by atoms with van der Waals surface area (Å²) in [6.45, 7) is 10.8. The van der Waals surface area contributed by atoms with E-state index in [-0.39, 0.29) is 0 Å². The molecule has 0 radical (unpaired) electrons. The molecular formula is C23H27NO2Si2. The van der Waals surface area contributed by atoms with Gasteiger partial charge in [0.25, 0.3) is 0 Å². The molecule has 0 amide bonds. The van der Waals surface area contributed by atoms with E-state index in [0.29, 0.717) is 0 Å². The van der Waals surface area contributed by atoms with E-state index in [0.717, 1.165) is 11.4 Å². The highest BCUT2D eigenvalue weighted by Gasteiger charge is 2.33. The SMILES string of the molecule is C[Si](C)(C)O[Si](C)(C)Oc1ccc(-n2c3ccccc3c3ccccc32)cc1. The third kappa shape index (κ3) is 3.78. The van der Waals surface area contributed by atoms with Crippen LogP contribution in [0.5, 0.6) is 5.75 Å². The molecule has 1 heterocycles. The van der Waals surface area contributed by atoms with Crippen molar-refractivity contribution in [2.24, 2.45) is 0 Å². The number of nitrogens with zero attached hydrogens (tertiary/aromatic N) is 1. The van der Waals surface area contributed by atoms with Crippen LogP contribution >= 0.6 is 0 Å². The van der Waals surface area contributed by atoms with Crippen molar-refractivity contribution in [3.05, 3.63) is 72.8 Å². The Bertz CT molecular complexity index is 1070. The predicted molar refractivity (Wildman–Crippen MR) is 123 cm³/mol. The lowest BCUT2D eigenvalue weighted by Gasteiger charge is -2.31. The summed E-state index contributed by atoms with van der Waals surface area (Å²) in [4.78, 5) is 0. The van der Waals surface area contributed by atoms with Crippen LogP contribution in [0.2, 0.25) is 32.7 Å². The molecule has 0 fully saturated rings. The van der Waals surface area contributed by atoms with E-state index in [9.17, 15) is 0 Å². The van der Waals surface area contributed by atoms with Gasteiger partial charge in [-0.05, 0) is 69.1 Å². The zero-order valence-corrected chi connectivity index (χ0v) is 19.2. The van der Waals surface area contributed by atoms with E-state index in [1.807, 2.05) is 0 Å². The number of hydrogen-bond acceptors (Lipinski definition) is 2. The fraction of sp³-hybridized carbons (Fsp3) is 0.217. The van der Waals surface area contributed by atoms with Crippen molar-refractivity contribution in [3.8, 4) is 11.4 Å². The molecule has 0 saturated heterocycles. The van der Waals surface area contributed by atoms with Gasteiger partial charge in [-0.15, -0.1) is 0 Å². The topological polar surface area (TPSA) is 23.4 Å². The maximum atomic E-state index is 6.30. The maximum absolute atomic E-state index is 6.30. The average Bonchev–Trinajstić information content (AvgIpc) is 2.95. The van der Waals surface area contributed by atoms with E-state index < -0.39 is 16.9 Å².